The van der Waals surface area contributed by atoms with Crippen LogP contribution in [0.1, 0.15) is 70.6 Å². The molecule has 5 fully saturated rings. The van der Waals surface area contributed by atoms with Crippen LogP contribution in [0.25, 0.3) is 0 Å². The van der Waals surface area contributed by atoms with Gasteiger partial charge >= 0.3 is 0 Å². The predicted molar refractivity (Wildman–Crippen MR) is 115 cm³/mol. The van der Waals surface area contributed by atoms with Crippen LogP contribution in [0.3, 0.4) is 0 Å². The van der Waals surface area contributed by atoms with Gasteiger partial charge in [-0.2, -0.15) is 5.10 Å². The van der Waals surface area contributed by atoms with E-state index in [0.29, 0.717) is 18.2 Å². The molecule has 5 aliphatic carbocycles. The summed E-state index contributed by atoms with van der Waals surface area (Å²) in [6, 6.07) is 0.315. The number of amides is 2. The summed E-state index contributed by atoms with van der Waals surface area (Å²) < 4.78 is 1.88. The minimum Gasteiger partial charge on any atom is -0.352 e. The van der Waals surface area contributed by atoms with E-state index < -0.39 is 0 Å². The van der Waals surface area contributed by atoms with E-state index in [2.05, 4.69) is 31.7 Å². The highest BCUT2D eigenvalue weighted by molar-refractivity contribution is 9.10. The molecule has 2 N–H and O–H groups in total. The Labute approximate surface area is 180 Å². The van der Waals surface area contributed by atoms with Crippen LogP contribution >= 0.6 is 15.9 Å². The fourth-order valence-electron chi connectivity index (χ4n) is 7.09. The van der Waals surface area contributed by atoms with Crippen molar-refractivity contribution in [2.24, 2.45) is 17.3 Å². The Hall–Kier alpha value is -1.37. The highest BCUT2D eigenvalue weighted by atomic mass is 79.9. The predicted octanol–water partition coefficient (Wildman–Crippen LogP) is 4.00. The molecule has 4 bridgehead atoms. The van der Waals surface area contributed by atoms with Gasteiger partial charge in [0.05, 0.1) is 11.9 Å². The van der Waals surface area contributed by atoms with Gasteiger partial charge in [-0.15, -0.1) is 0 Å². The van der Waals surface area contributed by atoms with Crippen molar-refractivity contribution in [2.45, 2.75) is 87.5 Å². The zero-order valence-electron chi connectivity index (χ0n) is 17.0. The van der Waals surface area contributed by atoms with Crippen molar-refractivity contribution in [1.82, 2.24) is 15.1 Å². The SMILES string of the molecule is O=C(CC12CC3CC(CC(Br)(C3)C1)C2)Nc1cnn(CC(=O)NC2CCCC2)c1. The number of anilines is 1. The molecular weight excluding hydrogens is 432 g/mol. The molecule has 0 radical (unpaired) electrons. The monoisotopic (exact) mass is 462 g/mol. The van der Waals surface area contributed by atoms with Gasteiger partial charge in [0.1, 0.15) is 6.54 Å². The summed E-state index contributed by atoms with van der Waals surface area (Å²) in [5.74, 6) is 1.64. The van der Waals surface area contributed by atoms with E-state index in [-0.39, 0.29) is 28.1 Å². The molecule has 6 nitrogen and oxygen atoms in total. The fourth-order valence-corrected chi connectivity index (χ4v) is 8.60. The Bertz CT molecular complexity index is 786. The first-order chi connectivity index (χ1) is 13.9. The van der Waals surface area contributed by atoms with Crippen LogP contribution in [0.15, 0.2) is 12.4 Å². The third kappa shape index (κ3) is 4.25. The van der Waals surface area contributed by atoms with Gasteiger partial charge in [0.2, 0.25) is 11.8 Å². The van der Waals surface area contributed by atoms with E-state index in [1.54, 1.807) is 17.1 Å². The second-order valence-electron chi connectivity index (χ2n) is 10.3. The first kappa shape index (κ1) is 19.6. The van der Waals surface area contributed by atoms with Crippen molar-refractivity contribution >= 4 is 33.4 Å². The molecule has 2 atom stereocenters. The Balaban J connectivity index is 1.15. The maximum absolute atomic E-state index is 12.8. The highest BCUT2D eigenvalue weighted by Gasteiger charge is 2.57. The first-order valence-electron chi connectivity index (χ1n) is 11.2. The largest absolute Gasteiger partial charge is 0.352 e. The summed E-state index contributed by atoms with van der Waals surface area (Å²) in [7, 11) is 0. The first-order valence-corrected chi connectivity index (χ1v) is 12.0. The molecular formula is C22H31BrN4O2. The molecule has 2 unspecified atom stereocenters. The van der Waals surface area contributed by atoms with Crippen molar-refractivity contribution < 1.29 is 9.59 Å². The lowest BCUT2D eigenvalue weighted by molar-refractivity contribution is -0.123. The van der Waals surface area contributed by atoms with Gasteiger partial charge in [0, 0.05) is 23.0 Å². The Morgan fingerprint density at radius 2 is 1.86 bits per heavy atom. The van der Waals surface area contributed by atoms with Crippen LogP contribution in [-0.4, -0.2) is 32.0 Å². The zero-order chi connectivity index (χ0) is 20.1. The second kappa shape index (κ2) is 7.40. The maximum Gasteiger partial charge on any atom is 0.241 e. The zero-order valence-corrected chi connectivity index (χ0v) is 18.5. The van der Waals surface area contributed by atoms with Crippen LogP contribution in [0.2, 0.25) is 0 Å². The summed E-state index contributed by atoms with van der Waals surface area (Å²) >= 11 is 4.02. The maximum atomic E-state index is 12.8. The molecule has 0 spiro atoms. The lowest BCUT2D eigenvalue weighted by Gasteiger charge is -2.60. The fraction of sp³-hybridized carbons (Fsp3) is 0.773. The number of hydrogen-bond acceptors (Lipinski definition) is 3. The average molecular weight is 463 g/mol. The van der Waals surface area contributed by atoms with E-state index in [4.69, 9.17) is 0 Å². The molecule has 0 aromatic carbocycles. The van der Waals surface area contributed by atoms with Crippen LogP contribution < -0.4 is 10.6 Å². The number of aromatic nitrogens is 2. The van der Waals surface area contributed by atoms with Crippen molar-refractivity contribution in [3.8, 4) is 0 Å². The molecule has 1 aromatic heterocycles. The van der Waals surface area contributed by atoms with Gasteiger partial charge in [0.15, 0.2) is 0 Å². The van der Waals surface area contributed by atoms with Gasteiger partial charge in [-0.3, -0.25) is 14.3 Å². The second-order valence-corrected chi connectivity index (χ2v) is 12.0. The van der Waals surface area contributed by atoms with Crippen LogP contribution in [0, 0.1) is 17.3 Å². The summed E-state index contributed by atoms with van der Waals surface area (Å²) in [5, 5.41) is 10.4. The number of nitrogens with one attached hydrogen (secondary N) is 2. The smallest absolute Gasteiger partial charge is 0.241 e. The summed E-state index contributed by atoms with van der Waals surface area (Å²) in [4.78, 5) is 25.0. The van der Waals surface area contributed by atoms with Crippen LogP contribution in [0.4, 0.5) is 5.69 Å². The van der Waals surface area contributed by atoms with Gasteiger partial charge in [0.25, 0.3) is 0 Å². The number of hydrogen-bond donors (Lipinski definition) is 2. The molecule has 5 saturated carbocycles. The molecule has 0 aliphatic heterocycles. The van der Waals surface area contributed by atoms with Gasteiger partial charge in [-0.05, 0) is 68.6 Å². The van der Waals surface area contributed by atoms with E-state index in [9.17, 15) is 9.59 Å². The lowest BCUT2D eigenvalue weighted by atomic mass is 9.48. The minimum atomic E-state index is -0.00550. The molecule has 5 aliphatic rings. The van der Waals surface area contributed by atoms with E-state index in [1.165, 1.54) is 44.9 Å². The summed E-state index contributed by atoms with van der Waals surface area (Å²) in [5.41, 5.74) is 0.844. The standard InChI is InChI=1S/C22H31BrN4O2/c23-22-8-15-5-16(9-22)7-21(6-15,14-22)10-19(28)26-18-11-24-27(12-18)13-20(29)25-17-3-1-2-4-17/h11-12,15-17H,1-10,13-14H2,(H,25,29)(H,26,28). The average Bonchev–Trinajstić information content (AvgIpc) is 3.24. The summed E-state index contributed by atoms with van der Waals surface area (Å²) in [6.45, 7) is 0.200. The molecule has 0 saturated heterocycles. The third-order valence-electron chi connectivity index (χ3n) is 7.59. The normalized spacial score (nSPS) is 35.8. The number of alkyl halides is 1. The molecule has 158 valence electrons. The Kier molecular flexibility index (Phi) is 5.00. The third-order valence-corrected chi connectivity index (χ3v) is 8.52. The van der Waals surface area contributed by atoms with Crippen molar-refractivity contribution in [3.63, 3.8) is 0 Å². The molecule has 2 amide bonds. The van der Waals surface area contributed by atoms with Crippen molar-refractivity contribution in [1.29, 1.82) is 0 Å². The quantitative estimate of drug-likeness (QED) is 0.627. The lowest BCUT2D eigenvalue weighted by Crippen LogP contribution is -2.53. The molecule has 1 aromatic rings. The topological polar surface area (TPSA) is 76.0 Å². The summed E-state index contributed by atoms with van der Waals surface area (Å²) in [6.07, 6.45) is 16.0. The molecule has 6 rings (SSSR count). The van der Waals surface area contributed by atoms with Crippen molar-refractivity contribution in [3.05, 3.63) is 12.4 Å². The highest BCUT2D eigenvalue weighted by Crippen LogP contribution is 2.65. The van der Waals surface area contributed by atoms with Crippen LogP contribution in [0.5, 0.6) is 0 Å². The van der Waals surface area contributed by atoms with Gasteiger partial charge < -0.3 is 10.6 Å². The number of carbonyl (C=O) groups excluding carboxylic acids is 2. The minimum absolute atomic E-state index is 0.00550. The van der Waals surface area contributed by atoms with E-state index in [0.717, 1.165) is 31.1 Å². The number of carbonyl (C=O) groups is 2. The molecule has 29 heavy (non-hydrogen) atoms. The molecule has 1 heterocycles. The van der Waals surface area contributed by atoms with E-state index in [1.807, 2.05) is 0 Å². The van der Waals surface area contributed by atoms with Crippen LogP contribution in [-0.2, 0) is 16.1 Å². The number of halogens is 1. The number of rotatable bonds is 6. The Morgan fingerprint density at radius 1 is 1.14 bits per heavy atom. The molecule has 7 heteroatoms. The van der Waals surface area contributed by atoms with Gasteiger partial charge in [-0.25, -0.2) is 0 Å². The number of nitrogens with zero attached hydrogens (tertiary/aromatic N) is 2. The van der Waals surface area contributed by atoms with Gasteiger partial charge in [-0.1, -0.05) is 28.8 Å². The van der Waals surface area contributed by atoms with Crippen molar-refractivity contribution in [2.75, 3.05) is 5.32 Å². The Morgan fingerprint density at radius 3 is 2.55 bits per heavy atom. The van der Waals surface area contributed by atoms with E-state index >= 15 is 0 Å².